The molecule has 0 radical (unpaired) electrons. The number of amides is 1. The van der Waals surface area contributed by atoms with Crippen molar-refractivity contribution in [3.63, 3.8) is 0 Å². The number of para-hydroxylation sites is 3. The lowest BCUT2D eigenvalue weighted by atomic mass is 10.2. The van der Waals surface area contributed by atoms with Gasteiger partial charge in [-0.1, -0.05) is 35.9 Å². The van der Waals surface area contributed by atoms with Gasteiger partial charge in [-0.3, -0.25) is 4.79 Å². The highest BCUT2D eigenvalue weighted by atomic mass is 35.5. The Morgan fingerprint density at radius 3 is 2.44 bits per heavy atom. The quantitative estimate of drug-likeness (QED) is 0.783. The van der Waals surface area contributed by atoms with Gasteiger partial charge in [0.05, 0.1) is 16.8 Å². The standard InChI is InChI=1S/C20H22ClNO3/c1-14(24-18-12-6-4-10-16(18)21)20(23)22-17-11-5-7-13-19(17)25-15-8-2-3-9-15/h4-7,10-15H,2-3,8-9H2,1H3,(H,22,23). The van der Waals surface area contributed by atoms with E-state index in [-0.39, 0.29) is 12.0 Å². The van der Waals surface area contributed by atoms with Crippen molar-refractivity contribution in [3.8, 4) is 11.5 Å². The summed E-state index contributed by atoms with van der Waals surface area (Å²) < 4.78 is 11.7. The van der Waals surface area contributed by atoms with E-state index >= 15 is 0 Å². The molecule has 0 aromatic heterocycles. The molecule has 1 fully saturated rings. The lowest BCUT2D eigenvalue weighted by molar-refractivity contribution is -0.122. The molecule has 1 aliphatic rings. The maximum Gasteiger partial charge on any atom is 0.265 e. The van der Waals surface area contributed by atoms with Crippen molar-refractivity contribution in [1.82, 2.24) is 0 Å². The van der Waals surface area contributed by atoms with Crippen LogP contribution in [0.1, 0.15) is 32.6 Å². The second-order valence-electron chi connectivity index (χ2n) is 6.20. The van der Waals surface area contributed by atoms with E-state index in [0.29, 0.717) is 22.2 Å². The zero-order valence-electron chi connectivity index (χ0n) is 14.2. The number of anilines is 1. The Hall–Kier alpha value is -2.20. The molecule has 5 heteroatoms. The molecular weight excluding hydrogens is 338 g/mol. The Morgan fingerprint density at radius 1 is 1.08 bits per heavy atom. The van der Waals surface area contributed by atoms with Crippen LogP contribution in [0, 0.1) is 0 Å². The molecule has 1 saturated carbocycles. The number of nitrogens with one attached hydrogen (secondary N) is 1. The number of rotatable bonds is 6. The molecule has 25 heavy (non-hydrogen) atoms. The van der Waals surface area contributed by atoms with Crippen molar-refractivity contribution in [2.75, 3.05) is 5.32 Å². The van der Waals surface area contributed by atoms with Gasteiger partial charge in [-0.25, -0.2) is 0 Å². The van der Waals surface area contributed by atoms with Crippen LogP contribution in [0.4, 0.5) is 5.69 Å². The molecule has 1 unspecified atom stereocenters. The number of benzene rings is 2. The minimum atomic E-state index is -0.681. The minimum Gasteiger partial charge on any atom is -0.488 e. The van der Waals surface area contributed by atoms with Crippen molar-refractivity contribution in [3.05, 3.63) is 53.6 Å². The van der Waals surface area contributed by atoms with Crippen LogP contribution in [0.5, 0.6) is 11.5 Å². The molecule has 0 spiro atoms. The molecule has 0 heterocycles. The summed E-state index contributed by atoms with van der Waals surface area (Å²) in [5.41, 5.74) is 0.661. The monoisotopic (exact) mass is 359 g/mol. The molecule has 2 aromatic rings. The summed E-state index contributed by atoms with van der Waals surface area (Å²) in [5, 5.41) is 3.37. The number of carbonyl (C=O) groups excluding carboxylic acids is 1. The molecule has 0 saturated heterocycles. The zero-order chi connectivity index (χ0) is 17.6. The molecule has 2 aromatic carbocycles. The van der Waals surface area contributed by atoms with Crippen LogP contribution in [-0.2, 0) is 4.79 Å². The van der Waals surface area contributed by atoms with Crippen molar-refractivity contribution in [2.45, 2.75) is 44.8 Å². The molecule has 4 nitrogen and oxygen atoms in total. The van der Waals surface area contributed by atoms with Gasteiger partial charge in [0.2, 0.25) is 0 Å². The van der Waals surface area contributed by atoms with E-state index in [1.165, 1.54) is 12.8 Å². The normalized spacial score (nSPS) is 15.6. The van der Waals surface area contributed by atoms with Gasteiger partial charge in [-0.15, -0.1) is 0 Å². The molecule has 1 atom stereocenters. The second kappa shape index (κ2) is 8.26. The Bertz CT molecular complexity index is 728. The Morgan fingerprint density at radius 2 is 1.72 bits per heavy atom. The van der Waals surface area contributed by atoms with Crippen LogP contribution in [0.3, 0.4) is 0 Å². The van der Waals surface area contributed by atoms with E-state index < -0.39 is 6.10 Å². The summed E-state index contributed by atoms with van der Waals surface area (Å²) in [6.45, 7) is 1.69. The third-order valence-electron chi connectivity index (χ3n) is 4.25. The van der Waals surface area contributed by atoms with Gasteiger partial charge in [0, 0.05) is 0 Å². The molecule has 1 N–H and O–H groups in total. The van der Waals surface area contributed by atoms with E-state index in [1.54, 1.807) is 19.1 Å². The maximum atomic E-state index is 12.5. The van der Waals surface area contributed by atoms with E-state index in [2.05, 4.69) is 5.32 Å². The number of halogens is 1. The van der Waals surface area contributed by atoms with Gasteiger partial charge < -0.3 is 14.8 Å². The highest BCUT2D eigenvalue weighted by Crippen LogP contribution is 2.30. The third kappa shape index (κ3) is 4.67. The summed E-state index contributed by atoms with van der Waals surface area (Å²) in [7, 11) is 0. The van der Waals surface area contributed by atoms with Crippen molar-refractivity contribution < 1.29 is 14.3 Å². The zero-order valence-corrected chi connectivity index (χ0v) is 15.0. The fourth-order valence-corrected chi connectivity index (χ4v) is 3.06. The molecule has 3 rings (SSSR count). The largest absolute Gasteiger partial charge is 0.488 e. The number of ether oxygens (including phenoxy) is 2. The highest BCUT2D eigenvalue weighted by molar-refractivity contribution is 6.32. The minimum absolute atomic E-state index is 0.231. The average Bonchev–Trinajstić information content (AvgIpc) is 3.11. The van der Waals surface area contributed by atoms with Gasteiger partial charge in [0.25, 0.3) is 5.91 Å². The van der Waals surface area contributed by atoms with Crippen LogP contribution < -0.4 is 14.8 Å². The van der Waals surface area contributed by atoms with Gasteiger partial charge >= 0.3 is 0 Å². The van der Waals surface area contributed by atoms with Crippen molar-refractivity contribution >= 4 is 23.2 Å². The lowest BCUT2D eigenvalue weighted by Crippen LogP contribution is -2.30. The van der Waals surface area contributed by atoms with Crippen LogP contribution in [0.15, 0.2) is 48.5 Å². The fourth-order valence-electron chi connectivity index (χ4n) is 2.88. The molecule has 0 aliphatic heterocycles. The van der Waals surface area contributed by atoms with E-state index in [0.717, 1.165) is 12.8 Å². The Balaban J connectivity index is 1.65. The first-order valence-corrected chi connectivity index (χ1v) is 8.99. The maximum absolute atomic E-state index is 12.5. The summed E-state index contributed by atoms with van der Waals surface area (Å²) >= 11 is 6.08. The fraction of sp³-hybridized carbons (Fsp3) is 0.350. The Labute approximate surface area is 153 Å². The first-order chi connectivity index (χ1) is 12.1. The van der Waals surface area contributed by atoms with E-state index in [4.69, 9.17) is 21.1 Å². The number of hydrogen-bond donors (Lipinski definition) is 1. The van der Waals surface area contributed by atoms with Crippen molar-refractivity contribution in [1.29, 1.82) is 0 Å². The van der Waals surface area contributed by atoms with Crippen LogP contribution >= 0.6 is 11.6 Å². The van der Waals surface area contributed by atoms with Gasteiger partial charge in [-0.2, -0.15) is 0 Å². The van der Waals surface area contributed by atoms with Crippen LogP contribution in [0.25, 0.3) is 0 Å². The molecule has 1 amide bonds. The molecule has 0 bridgehead atoms. The summed E-state index contributed by atoms with van der Waals surface area (Å²) in [6.07, 6.45) is 4.07. The summed E-state index contributed by atoms with van der Waals surface area (Å²) in [6, 6.07) is 14.6. The second-order valence-corrected chi connectivity index (χ2v) is 6.61. The Kier molecular flexibility index (Phi) is 5.82. The molecule has 132 valence electrons. The smallest absolute Gasteiger partial charge is 0.265 e. The van der Waals surface area contributed by atoms with Crippen molar-refractivity contribution in [2.24, 2.45) is 0 Å². The number of hydrogen-bond acceptors (Lipinski definition) is 3. The summed E-state index contributed by atoms with van der Waals surface area (Å²) in [5.74, 6) is 0.942. The first-order valence-electron chi connectivity index (χ1n) is 8.61. The predicted molar refractivity (Wildman–Crippen MR) is 99.5 cm³/mol. The third-order valence-corrected chi connectivity index (χ3v) is 4.56. The molecular formula is C20H22ClNO3. The number of carbonyl (C=O) groups is 1. The van der Waals surface area contributed by atoms with E-state index in [1.807, 2.05) is 36.4 Å². The SMILES string of the molecule is CC(Oc1ccccc1Cl)C(=O)Nc1ccccc1OC1CCCC1. The highest BCUT2D eigenvalue weighted by Gasteiger charge is 2.20. The van der Waals surface area contributed by atoms with Gasteiger partial charge in [-0.05, 0) is 56.9 Å². The average molecular weight is 360 g/mol. The van der Waals surface area contributed by atoms with Gasteiger partial charge in [0.15, 0.2) is 6.10 Å². The molecule has 1 aliphatic carbocycles. The van der Waals surface area contributed by atoms with Crippen LogP contribution in [-0.4, -0.2) is 18.1 Å². The van der Waals surface area contributed by atoms with Crippen LogP contribution in [0.2, 0.25) is 5.02 Å². The first kappa shape index (κ1) is 17.6. The predicted octanol–water partition coefficient (Wildman–Crippen LogP) is 5.07. The lowest BCUT2D eigenvalue weighted by Gasteiger charge is -2.19. The summed E-state index contributed by atoms with van der Waals surface area (Å²) in [4.78, 5) is 12.5. The van der Waals surface area contributed by atoms with Gasteiger partial charge in [0.1, 0.15) is 11.5 Å². The van der Waals surface area contributed by atoms with E-state index in [9.17, 15) is 4.79 Å². The topological polar surface area (TPSA) is 47.6 Å².